The van der Waals surface area contributed by atoms with E-state index in [-0.39, 0.29) is 43.4 Å². The molecule has 5 rings (SSSR count). The number of thiophene rings is 1. The van der Waals surface area contributed by atoms with E-state index in [0.717, 1.165) is 32.3 Å². The predicted octanol–water partition coefficient (Wildman–Crippen LogP) is 4.18. The lowest BCUT2D eigenvalue weighted by atomic mass is 9.99. The van der Waals surface area contributed by atoms with E-state index in [1.54, 1.807) is 17.4 Å². The van der Waals surface area contributed by atoms with E-state index in [1.165, 1.54) is 19.2 Å². The maximum atomic E-state index is 13.2. The highest BCUT2D eigenvalue weighted by Crippen LogP contribution is 2.39. The van der Waals surface area contributed by atoms with Crippen LogP contribution < -0.4 is 16.4 Å². The maximum Gasteiger partial charge on any atom is 0.339 e. The number of fused-ring (bicyclic) bond motifs is 3. The minimum Gasteiger partial charge on any atom is -0.465 e. The number of esters is 1. The molecule has 3 heterocycles. The van der Waals surface area contributed by atoms with E-state index in [4.69, 9.17) is 32.2 Å². The van der Waals surface area contributed by atoms with E-state index in [2.05, 4.69) is 46.5 Å². The predicted molar refractivity (Wildman–Crippen MR) is 188 cm³/mol. The van der Waals surface area contributed by atoms with Gasteiger partial charge in [0, 0.05) is 45.2 Å². The highest BCUT2D eigenvalue weighted by Gasteiger charge is 2.32. The van der Waals surface area contributed by atoms with Crippen molar-refractivity contribution >= 4 is 52.1 Å². The molecule has 2 atom stereocenters. The minimum atomic E-state index is -0.788. The second-order valence-corrected chi connectivity index (χ2v) is 13.1. The normalized spacial score (nSPS) is 13.9. The number of rotatable bonds is 10. The fourth-order valence-electron chi connectivity index (χ4n) is 5.31. The molecule has 0 saturated carbocycles. The number of hydrogen-bond acceptors (Lipinski definition) is 10. The molecule has 254 valence electrons. The quantitative estimate of drug-likeness (QED) is 0.108. The summed E-state index contributed by atoms with van der Waals surface area (Å²) in [5.41, 5.74) is 10.3. The first-order valence-corrected chi connectivity index (χ1v) is 16.7. The number of nitrogens with two attached hydrogens (primary N) is 1. The van der Waals surface area contributed by atoms with Gasteiger partial charge in [0.1, 0.15) is 16.9 Å². The van der Waals surface area contributed by atoms with E-state index < -0.39 is 18.1 Å². The molecule has 0 saturated heterocycles. The number of carbonyl (C=O) groups is 3. The highest BCUT2D eigenvalue weighted by molar-refractivity contribution is 7.15. The average molecular weight is 702 g/mol. The summed E-state index contributed by atoms with van der Waals surface area (Å²) in [7, 11) is 1.25. The molecule has 0 radical (unpaired) electrons. The third kappa shape index (κ3) is 8.06. The van der Waals surface area contributed by atoms with Crippen molar-refractivity contribution in [3.05, 3.63) is 91.8 Å². The number of aliphatic hydroxyl groups excluding tert-OH is 1. The van der Waals surface area contributed by atoms with Gasteiger partial charge in [-0.2, -0.15) is 0 Å². The van der Waals surface area contributed by atoms with E-state index in [0.29, 0.717) is 34.3 Å². The summed E-state index contributed by atoms with van der Waals surface area (Å²) in [6.07, 6.45) is 0.541. The van der Waals surface area contributed by atoms with Gasteiger partial charge in [-0.25, -0.2) is 4.79 Å². The third-order valence-corrected chi connectivity index (χ3v) is 9.38. The molecular formula is C35H36ClN7O5S. The Kier molecular flexibility index (Phi) is 11.3. The smallest absolute Gasteiger partial charge is 0.339 e. The fourth-order valence-corrected chi connectivity index (χ4v) is 6.65. The number of ether oxygens (including phenoxy) is 1. The Morgan fingerprint density at radius 2 is 1.88 bits per heavy atom. The Morgan fingerprint density at radius 1 is 1.12 bits per heavy atom. The number of nitrogens with one attached hydrogen (secondary N) is 2. The standard InChI is InChI=1S/C35H36ClN7O5S/c1-19-20(2)49-34-31(19)32(22-7-10-24(36)11-8-22)40-28(33-42-41-21(3)43(33)34)17-30(46)38-15-5-6-29(45)39-26-13-14-27(35(47)48-4)23(16-26)9-12-25(37)18-44/h7-8,10-11,13-14,16,25,28,44H,5-6,15,17-18,37H2,1-4H3,(H,38,46)(H,39,45)/t25?,28-/m0/s1. The third-order valence-electron chi connectivity index (χ3n) is 7.94. The van der Waals surface area contributed by atoms with Gasteiger partial charge >= 0.3 is 5.97 Å². The lowest BCUT2D eigenvalue weighted by Gasteiger charge is -2.13. The molecule has 49 heavy (non-hydrogen) atoms. The summed E-state index contributed by atoms with van der Waals surface area (Å²) in [6, 6.07) is 10.7. The number of nitrogens with zero attached hydrogens (tertiary/aromatic N) is 4. The summed E-state index contributed by atoms with van der Waals surface area (Å²) in [6.45, 7) is 5.94. The van der Waals surface area contributed by atoms with Gasteiger partial charge in [0.25, 0.3) is 0 Å². The number of aromatic nitrogens is 3. The number of amides is 2. The van der Waals surface area contributed by atoms with Crippen LogP contribution in [0.25, 0.3) is 5.00 Å². The lowest BCUT2D eigenvalue weighted by Crippen LogP contribution is -2.27. The van der Waals surface area contributed by atoms with Crippen LogP contribution in [-0.4, -0.2) is 69.7 Å². The van der Waals surface area contributed by atoms with Crippen LogP contribution in [0, 0.1) is 32.6 Å². The number of halogens is 1. The molecule has 2 aromatic heterocycles. The van der Waals surface area contributed by atoms with Crippen LogP contribution in [0.15, 0.2) is 47.5 Å². The lowest BCUT2D eigenvalue weighted by molar-refractivity contribution is -0.122. The Hall–Kier alpha value is -4.87. The minimum absolute atomic E-state index is 0.0324. The van der Waals surface area contributed by atoms with E-state index in [1.807, 2.05) is 35.8 Å². The molecule has 12 nitrogen and oxygen atoms in total. The molecule has 2 aromatic carbocycles. The Balaban J connectivity index is 1.25. The summed E-state index contributed by atoms with van der Waals surface area (Å²) in [5, 5.41) is 25.2. The molecule has 5 N–H and O–H groups in total. The van der Waals surface area contributed by atoms with Crippen LogP contribution in [0.1, 0.15) is 74.4 Å². The van der Waals surface area contributed by atoms with Crippen LogP contribution in [-0.2, 0) is 14.3 Å². The second kappa shape index (κ2) is 15.6. The molecule has 2 amide bonds. The van der Waals surface area contributed by atoms with Gasteiger partial charge < -0.3 is 26.2 Å². The number of methoxy groups -OCH3 is 1. The largest absolute Gasteiger partial charge is 0.465 e. The number of aliphatic hydroxyl groups is 1. The first-order valence-electron chi connectivity index (χ1n) is 15.5. The zero-order chi connectivity index (χ0) is 35.2. The maximum absolute atomic E-state index is 13.2. The number of carbonyl (C=O) groups excluding carboxylic acids is 3. The van der Waals surface area contributed by atoms with Crippen molar-refractivity contribution in [2.45, 2.75) is 52.1 Å². The van der Waals surface area contributed by atoms with Gasteiger partial charge in [-0.1, -0.05) is 35.6 Å². The van der Waals surface area contributed by atoms with Crippen molar-refractivity contribution in [1.82, 2.24) is 20.1 Å². The van der Waals surface area contributed by atoms with Gasteiger partial charge in [-0.15, -0.1) is 21.5 Å². The zero-order valence-electron chi connectivity index (χ0n) is 27.5. The van der Waals surface area contributed by atoms with Gasteiger partial charge in [0.15, 0.2) is 5.82 Å². The average Bonchev–Trinajstić information content (AvgIpc) is 3.57. The van der Waals surface area contributed by atoms with Crippen molar-refractivity contribution in [3.8, 4) is 16.8 Å². The molecule has 0 bridgehead atoms. The molecule has 0 aliphatic carbocycles. The number of aryl methyl sites for hydroxylation is 2. The van der Waals surface area contributed by atoms with Crippen LogP contribution in [0.3, 0.4) is 0 Å². The summed E-state index contributed by atoms with van der Waals surface area (Å²) < 4.78 is 6.80. The number of benzene rings is 2. The van der Waals surface area contributed by atoms with Crippen molar-refractivity contribution in [3.63, 3.8) is 0 Å². The van der Waals surface area contributed by atoms with Gasteiger partial charge in [-0.3, -0.25) is 19.1 Å². The first kappa shape index (κ1) is 35.4. The van der Waals surface area contributed by atoms with Gasteiger partial charge in [0.2, 0.25) is 11.8 Å². The fraction of sp³-hybridized carbons (Fsp3) is 0.314. The van der Waals surface area contributed by atoms with Crippen LogP contribution in [0.5, 0.6) is 0 Å². The summed E-state index contributed by atoms with van der Waals surface area (Å²) in [5.74, 6) is 5.59. The number of aliphatic imine (C=N–C) groups is 1. The van der Waals surface area contributed by atoms with Crippen molar-refractivity contribution < 1.29 is 24.2 Å². The summed E-state index contributed by atoms with van der Waals surface area (Å²) >= 11 is 7.83. The molecule has 0 spiro atoms. The van der Waals surface area contributed by atoms with E-state index >= 15 is 0 Å². The van der Waals surface area contributed by atoms with Crippen molar-refractivity contribution in [1.29, 1.82) is 0 Å². The van der Waals surface area contributed by atoms with Crippen LogP contribution >= 0.6 is 22.9 Å². The highest BCUT2D eigenvalue weighted by atomic mass is 35.5. The van der Waals surface area contributed by atoms with Gasteiger partial charge in [-0.05, 0) is 63.1 Å². The second-order valence-electron chi connectivity index (χ2n) is 11.4. The Morgan fingerprint density at radius 3 is 2.59 bits per heavy atom. The molecule has 1 unspecified atom stereocenters. The van der Waals surface area contributed by atoms with Crippen LogP contribution in [0.4, 0.5) is 5.69 Å². The molecule has 1 aliphatic heterocycles. The topological polar surface area (TPSA) is 174 Å². The molecular weight excluding hydrogens is 666 g/mol. The molecule has 1 aliphatic rings. The molecule has 4 aromatic rings. The van der Waals surface area contributed by atoms with Gasteiger partial charge in [0.05, 0.1) is 37.5 Å². The van der Waals surface area contributed by atoms with Crippen LogP contribution in [0.2, 0.25) is 5.02 Å². The van der Waals surface area contributed by atoms with E-state index in [9.17, 15) is 14.4 Å². The number of anilines is 1. The molecule has 14 heteroatoms. The SMILES string of the molecule is COC(=O)c1ccc(NC(=O)CCCNC(=O)C[C@@H]2N=C(c3ccc(Cl)cc3)c3c(sc(C)c3C)-n3c(C)nnc32)cc1C#CC(N)CO. The first-order chi connectivity index (χ1) is 23.5. The van der Waals surface area contributed by atoms with Crippen molar-refractivity contribution in [2.75, 3.05) is 25.6 Å². The van der Waals surface area contributed by atoms with Crippen molar-refractivity contribution in [2.24, 2.45) is 10.7 Å². The Bertz CT molecular complexity index is 1990. The summed E-state index contributed by atoms with van der Waals surface area (Å²) in [4.78, 5) is 44.4. The zero-order valence-corrected chi connectivity index (χ0v) is 29.0. The number of hydrogen-bond donors (Lipinski definition) is 4. The Labute approximate surface area is 292 Å². The molecule has 0 fully saturated rings. The monoisotopic (exact) mass is 701 g/mol.